The summed E-state index contributed by atoms with van der Waals surface area (Å²) in [5, 5.41) is 9.52. The predicted molar refractivity (Wildman–Crippen MR) is 33.6 cm³/mol. The Morgan fingerprint density at radius 1 is 1.90 bits per heavy atom. The molecule has 1 rings (SSSR count). The fourth-order valence-corrected chi connectivity index (χ4v) is 1.04. The number of hydrogen-bond donors (Lipinski definition) is 1. The zero-order valence-corrected chi connectivity index (χ0v) is 5.64. The Morgan fingerprint density at radius 3 is 3.00 bits per heavy atom. The third-order valence-corrected chi connectivity index (χ3v) is 1.53. The van der Waals surface area contributed by atoms with Gasteiger partial charge in [0.2, 0.25) is 6.17 Å². The number of carbonyl (C=O) groups is 1. The highest BCUT2D eigenvalue weighted by Gasteiger charge is 2.19. The van der Waals surface area contributed by atoms with Crippen LogP contribution >= 0.6 is 11.3 Å². The van der Waals surface area contributed by atoms with Gasteiger partial charge >= 0.3 is 5.97 Å². The predicted octanol–water partition coefficient (Wildman–Crippen LogP) is 1.24. The molecule has 54 valence electrons. The quantitative estimate of drug-likeness (QED) is 0.709. The number of alkyl halides is 1. The second-order valence-corrected chi connectivity index (χ2v) is 2.33. The van der Waals surface area contributed by atoms with Crippen molar-refractivity contribution in [2.24, 2.45) is 0 Å². The standard InChI is InChI=1S/C5H4FNO2S/c6-4(5(8)9)3-1-10-2-7-3/h1-2,4H,(H,8,9). The highest BCUT2D eigenvalue weighted by molar-refractivity contribution is 7.07. The van der Waals surface area contributed by atoms with E-state index < -0.39 is 12.1 Å². The lowest BCUT2D eigenvalue weighted by molar-refractivity contribution is -0.143. The van der Waals surface area contributed by atoms with E-state index in [1.807, 2.05) is 0 Å². The van der Waals surface area contributed by atoms with Crippen LogP contribution in [0.2, 0.25) is 0 Å². The number of aliphatic carboxylic acids is 1. The Labute approximate surface area is 60.1 Å². The van der Waals surface area contributed by atoms with Crippen LogP contribution < -0.4 is 0 Å². The molecule has 1 aromatic heterocycles. The maximum Gasteiger partial charge on any atom is 0.344 e. The fourth-order valence-electron chi connectivity index (χ4n) is 0.474. The van der Waals surface area contributed by atoms with E-state index in [0.29, 0.717) is 0 Å². The van der Waals surface area contributed by atoms with Crippen molar-refractivity contribution < 1.29 is 14.3 Å². The summed E-state index contributed by atoms with van der Waals surface area (Å²) in [7, 11) is 0. The average Bonchev–Trinajstić information content (AvgIpc) is 2.36. The maximum atomic E-state index is 12.4. The third kappa shape index (κ3) is 1.30. The summed E-state index contributed by atoms with van der Waals surface area (Å²) in [6.45, 7) is 0. The van der Waals surface area contributed by atoms with E-state index in [0.717, 1.165) is 0 Å². The van der Waals surface area contributed by atoms with Crippen LogP contribution in [0, 0.1) is 0 Å². The summed E-state index contributed by atoms with van der Waals surface area (Å²) in [5.74, 6) is -1.49. The van der Waals surface area contributed by atoms with E-state index in [4.69, 9.17) is 5.11 Å². The lowest BCUT2D eigenvalue weighted by Crippen LogP contribution is -2.05. The first-order valence-electron chi connectivity index (χ1n) is 2.47. The molecule has 1 aromatic rings. The van der Waals surface area contributed by atoms with Crippen molar-refractivity contribution in [2.45, 2.75) is 6.17 Å². The number of nitrogens with zero attached hydrogens (tertiary/aromatic N) is 1. The number of carboxylic acids is 1. The van der Waals surface area contributed by atoms with Crippen LogP contribution in [-0.4, -0.2) is 16.1 Å². The van der Waals surface area contributed by atoms with Crippen LogP contribution in [0.3, 0.4) is 0 Å². The number of thiazole rings is 1. The number of rotatable bonds is 2. The van der Waals surface area contributed by atoms with Gasteiger partial charge < -0.3 is 5.11 Å². The molecule has 3 nitrogen and oxygen atoms in total. The summed E-state index contributed by atoms with van der Waals surface area (Å²) in [6.07, 6.45) is -1.98. The summed E-state index contributed by atoms with van der Waals surface area (Å²) in [6, 6.07) is 0. The lowest BCUT2D eigenvalue weighted by atomic mass is 10.3. The largest absolute Gasteiger partial charge is 0.479 e. The van der Waals surface area contributed by atoms with Crippen molar-refractivity contribution in [1.82, 2.24) is 4.98 Å². The molecule has 0 amide bonds. The van der Waals surface area contributed by atoms with Gasteiger partial charge in [0.1, 0.15) is 0 Å². The third-order valence-electron chi connectivity index (χ3n) is 0.928. The van der Waals surface area contributed by atoms with Gasteiger partial charge in [0, 0.05) is 5.38 Å². The van der Waals surface area contributed by atoms with Gasteiger partial charge in [0.25, 0.3) is 0 Å². The van der Waals surface area contributed by atoms with E-state index in [1.165, 1.54) is 22.2 Å². The minimum Gasteiger partial charge on any atom is -0.479 e. The second-order valence-electron chi connectivity index (χ2n) is 1.61. The zero-order chi connectivity index (χ0) is 7.56. The highest BCUT2D eigenvalue weighted by atomic mass is 32.1. The average molecular weight is 161 g/mol. The van der Waals surface area contributed by atoms with Crippen LogP contribution in [-0.2, 0) is 4.79 Å². The van der Waals surface area contributed by atoms with E-state index in [-0.39, 0.29) is 5.69 Å². The number of hydrogen-bond acceptors (Lipinski definition) is 3. The van der Waals surface area contributed by atoms with Crippen molar-refractivity contribution in [3.63, 3.8) is 0 Å². The molecular weight excluding hydrogens is 157 g/mol. The molecule has 0 saturated heterocycles. The maximum absolute atomic E-state index is 12.4. The molecule has 0 saturated carbocycles. The van der Waals surface area contributed by atoms with Crippen LogP contribution in [0.25, 0.3) is 0 Å². The first-order valence-corrected chi connectivity index (χ1v) is 3.41. The smallest absolute Gasteiger partial charge is 0.344 e. The molecule has 0 aliphatic heterocycles. The molecular formula is C5H4FNO2S. The topological polar surface area (TPSA) is 50.2 Å². The minimum absolute atomic E-state index is 0.0301. The van der Waals surface area contributed by atoms with Crippen molar-refractivity contribution in [3.8, 4) is 0 Å². The highest BCUT2D eigenvalue weighted by Crippen LogP contribution is 2.16. The SMILES string of the molecule is O=C(O)C(F)c1cscn1. The Bertz CT molecular complexity index is 224. The normalized spacial score (nSPS) is 12.9. The summed E-state index contributed by atoms with van der Waals surface area (Å²) in [5.41, 5.74) is 1.36. The minimum atomic E-state index is -1.98. The Balaban J connectivity index is 2.77. The molecule has 1 N–H and O–H groups in total. The Kier molecular flexibility index (Phi) is 1.96. The van der Waals surface area contributed by atoms with Gasteiger partial charge in [-0.1, -0.05) is 0 Å². The summed E-state index contributed by atoms with van der Waals surface area (Å²) >= 11 is 1.17. The molecule has 0 fully saturated rings. The number of halogens is 1. The molecule has 0 aromatic carbocycles. The lowest BCUT2D eigenvalue weighted by Gasteiger charge is -1.94. The first kappa shape index (κ1) is 7.14. The van der Waals surface area contributed by atoms with Gasteiger partial charge in [-0.25, -0.2) is 14.2 Å². The van der Waals surface area contributed by atoms with Crippen LogP contribution in [0.1, 0.15) is 11.9 Å². The summed E-state index contributed by atoms with van der Waals surface area (Å²) in [4.78, 5) is 13.5. The summed E-state index contributed by atoms with van der Waals surface area (Å²) < 4.78 is 12.4. The van der Waals surface area contributed by atoms with Gasteiger partial charge in [0.05, 0.1) is 11.2 Å². The van der Waals surface area contributed by atoms with Crippen molar-refractivity contribution in [2.75, 3.05) is 0 Å². The second kappa shape index (κ2) is 2.74. The van der Waals surface area contributed by atoms with Crippen molar-refractivity contribution >= 4 is 17.3 Å². The van der Waals surface area contributed by atoms with E-state index in [9.17, 15) is 9.18 Å². The van der Waals surface area contributed by atoms with Gasteiger partial charge in [-0.2, -0.15) is 0 Å². The molecule has 0 radical (unpaired) electrons. The number of carboxylic acid groups (broad SMARTS) is 1. The Morgan fingerprint density at radius 2 is 2.60 bits per heavy atom. The van der Waals surface area contributed by atoms with E-state index in [1.54, 1.807) is 0 Å². The van der Waals surface area contributed by atoms with E-state index >= 15 is 0 Å². The monoisotopic (exact) mass is 161 g/mol. The van der Waals surface area contributed by atoms with Crippen LogP contribution in [0.5, 0.6) is 0 Å². The molecule has 1 unspecified atom stereocenters. The zero-order valence-electron chi connectivity index (χ0n) is 4.82. The molecule has 0 bridgehead atoms. The van der Waals surface area contributed by atoms with E-state index in [2.05, 4.69) is 4.98 Å². The van der Waals surface area contributed by atoms with Crippen LogP contribution in [0.4, 0.5) is 4.39 Å². The number of aromatic nitrogens is 1. The molecule has 0 spiro atoms. The van der Waals surface area contributed by atoms with Gasteiger partial charge in [-0.3, -0.25) is 0 Å². The molecule has 0 aliphatic rings. The van der Waals surface area contributed by atoms with Crippen molar-refractivity contribution in [1.29, 1.82) is 0 Å². The molecule has 0 aliphatic carbocycles. The molecule has 1 atom stereocenters. The molecule has 5 heteroatoms. The van der Waals surface area contributed by atoms with Gasteiger partial charge in [0.15, 0.2) is 0 Å². The Hall–Kier alpha value is -0.970. The molecule has 10 heavy (non-hydrogen) atoms. The molecule has 1 heterocycles. The van der Waals surface area contributed by atoms with Gasteiger partial charge in [-0.05, 0) is 0 Å². The van der Waals surface area contributed by atoms with Crippen molar-refractivity contribution in [3.05, 3.63) is 16.6 Å². The fraction of sp³-hybridized carbons (Fsp3) is 0.200. The van der Waals surface area contributed by atoms with Crippen LogP contribution in [0.15, 0.2) is 10.9 Å². The first-order chi connectivity index (χ1) is 4.72. The van der Waals surface area contributed by atoms with Gasteiger partial charge in [-0.15, -0.1) is 11.3 Å².